The van der Waals surface area contributed by atoms with Gasteiger partial charge in [0.15, 0.2) is 0 Å². The van der Waals surface area contributed by atoms with E-state index in [9.17, 15) is 0 Å². The standard InChI is InChI=1S/C14H18N2OS/c1-10(14-11(2)18-12(3)15-14)16-17-9-13-7-5-4-6-8-13/h4-8,10,16H,9H2,1-3H3. The van der Waals surface area contributed by atoms with E-state index in [1.54, 1.807) is 11.3 Å². The Kier molecular flexibility index (Phi) is 4.47. The van der Waals surface area contributed by atoms with E-state index in [0.717, 1.165) is 16.3 Å². The maximum absolute atomic E-state index is 5.51. The predicted molar refractivity (Wildman–Crippen MR) is 74.4 cm³/mol. The van der Waals surface area contributed by atoms with Gasteiger partial charge in [-0.1, -0.05) is 30.3 Å². The van der Waals surface area contributed by atoms with Crippen LogP contribution in [0.25, 0.3) is 0 Å². The third-order valence-corrected chi connectivity index (χ3v) is 3.59. The second kappa shape index (κ2) is 6.09. The molecule has 0 aliphatic rings. The number of hydroxylamine groups is 1. The second-order valence-corrected chi connectivity index (χ2v) is 5.70. The fourth-order valence-corrected chi connectivity index (χ4v) is 2.74. The van der Waals surface area contributed by atoms with E-state index in [4.69, 9.17) is 4.84 Å². The lowest BCUT2D eigenvalue weighted by Crippen LogP contribution is -2.20. The van der Waals surface area contributed by atoms with Gasteiger partial charge < -0.3 is 0 Å². The van der Waals surface area contributed by atoms with Gasteiger partial charge in [-0.05, 0) is 26.3 Å². The second-order valence-electron chi connectivity index (χ2n) is 4.29. The number of hydrogen-bond acceptors (Lipinski definition) is 4. The van der Waals surface area contributed by atoms with Crippen molar-refractivity contribution in [3.8, 4) is 0 Å². The Bertz CT molecular complexity index is 496. The third kappa shape index (κ3) is 3.38. The van der Waals surface area contributed by atoms with Gasteiger partial charge in [-0.3, -0.25) is 4.84 Å². The molecule has 0 aliphatic heterocycles. The van der Waals surface area contributed by atoms with Crippen molar-refractivity contribution in [2.45, 2.75) is 33.4 Å². The molecule has 3 nitrogen and oxygen atoms in total. The number of benzene rings is 1. The monoisotopic (exact) mass is 262 g/mol. The first-order valence-corrected chi connectivity index (χ1v) is 6.83. The van der Waals surface area contributed by atoms with Crippen molar-refractivity contribution in [3.63, 3.8) is 0 Å². The number of rotatable bonds is 5. The van der Waals surface area contributed by atoms with Gasteiger partial charge in [0, 0.05) is 4.88 Å². The molecule has 1 unspecified atom stereocenters. The average Bonchev–Trinajstić information content (AvgIpc) is 2.70. The van der Waals surface area contributed by atoms with Gasteiger partial charge in [0.1, 0.15) is 0 Å². The van der Waals surface area contributed by atoms with E-state index in [0.29, 0.717) is 6.61 Å². The molecule has 1 atom stereocenters. The minimum atomic E-state index is 0.110. The van der Waals surface area contributed by atoms with Crippen molar-refractivity contribution in [1.29, 1.82) is 0 Å². The predicted octanol–water partition coefficient (Wildman–Crippen LogP) is 3.54. The Labute approximate surface area is 112 Å². The summed E-state index contributed by atoms with van der Waals surface area (Å²) >= 11 is 1.72. The molecule has 0 aliphatic carbocycles. The minimum absolute atomic E-state index is 0.110. The van der Waals surface area contributed by atoms with Crippen molar-refractivity contribution >= 4 is 11.3 Å². The highest BCUT2D eigenvalue weighted by Crippen LogP contribution is 2.22. The van der Waals surface area contributed by atoms with E-state index in [2.05, 4.69) is 24.3 Å². The molecule has 1 aromatic heterocycles. The van der Waals surface area contributed by atoms with Crippen LogP contribution in [-0.4, -0.2) is 4.98 Å². The van der Waals surface area contributed by atoms with E-state index >= 15 is 0 Å². The van der Waals surface area contributed by atoms with Gasteiger partial charge in [-0.25, -0.2) is 4.98 Å². The summed E-state index contributed by atoms with van der Waals surface area (Å²) in [7, 11) is 0. The van der Waals surface area contributed by atoms with Crippen LogP contribution in [0.15, 0.2) is 30.3 Å². The van der Waals surface area contributed by atoms with Gasteiger partial charge in [0.25, 0.3) is 0 Å². The van der Waals surface area contributed by atoms with Crippen LogP contribution in [-0.2, 0) is 11.4 Å². The Balaban J connectivity index is 1.85. The fourth-order valence-electron chi connectivity index (χ4n) is 1.83. The Morgan fingerprint density at radius 1 is 1.28 bits per heavy atom. The smallest absolute Gasteiger partial charge is 0.0933 e. The van der Waals surface area contributed by atoms with Gasteiger partial charge in [-0.15, -0.1) is 11.3 Å². The zero-order chi connectivity index (χ0) is 13.0. The van der Waals surface area contributed by atoms with Crippen molar-refractivity contribution in [2.75, 3.05) is 0 Å². The highest BCUT2D eigenvalue weighted by atomic mass is 32.1. The normalized spacial score (nSPS) is 12.6. The molecule has 2 rings (SSSR count). The highest BCUT2D eigenvalue weighted by molar-refractivity contribution is 7.11. The lowest BCUT2D eigenvalue weighted by molar-refractivity contribution is 0.00610. The average molecular weight is 262 g/mol. The molecule has 0 saturated carbocycles. The Morgan fingerprint density at radius 3 is 2.61 bits per heavy atom. The molecule has 0 fully saturated rings. The van der Waals surface area contributed by atoms with Crippen LogP contribution in [0.4, 0.5) is 0 Å². The van der Waals surface area contributed by atoms with Crippen LogP contribution in [0.1, 0.15) is 34.1 Å². The molecule has 0 bridgehead atoms. The summed E-state index contributed by atoms with van der Waals surface area (Å²) in [5, 5.41) is 1.10. The fraction of sp³-hybridized carbons (Fsp3) is 0.357. The molecule has 4 heteroatoms. The van der Waals surface area contributed by atoms with Crippen LogP contribution in [0, 0.1) is 13.8 Å². The molecule has 0 amide bonds. The van der Waals surface area contributed by atoms with Crippen LogP contribution < -0.4 is 5.48 Å². The maximum Gasteiger partial charge on any atom is 0.0933 e. The van der Waals surface area contributed by atoms with Gasteiger partial charge in [0.2, 0.25) is 0 Å². The van der Waals surface area contributed by atoms with Crippen molar-refractivity contribution in [1.82, 2.24) is 10.5 Å². The van der Waals surface area contributed by atoms with Crippen LogP contribution in [0.2, 0.25) is 0 Å². The molecule has 2 aromatic rings. The van der Waals surface area contributed by atoms with E-state index in [1.165, 1.54) is 4.88 Å². The first-order chi connectivity index (χ1) is 8.66. The van der Waals surface area contributed by atoms with Crippen LogP contribution in [0.3, 0.4) is 0 Å². The number of nitrogens with one attached hydrogen (secondary N) is 1. The van der Waals surface area contributed by atoms with Crippen molar-refractivity contribution < 1.29 is 4.84 Å². The number of nitrogens with zero attached hydrogens (tertiary/aromatic N) is 1. The van der Waals surface area contributed by atoms with Crippen molar-refractivity contribution in [3.05, 3.63) is 51.5 Å². The zero-order valence-corrected chi connectivity index (χ0v) is 11.8. The summed E-state index contributed by atoms with van der Waals surface area (Å²) in [6.45, 7) is 6.74. The lowest BCUT2D eigenvalue weighted by Gasteiger charge is -2.12. The summed E-state index contributed by atoms with van der Waals surface area (Å²) in [6.07, 6.45) is 0. The summed E-state index contributed by atoms with van der Waals surface area (Å²) in [5.41, 5.74) is 5.28. The molecule has 0 saturated heterocycles. The first kappa shape index (κ1) is 13.2. The summed E-state index contributed by atoms with van der Waals surface area (Å²) < 4.78 is 0. The van der Waals surface area contributed by atoms with Gasteiger partial charge in [0.05, 0.1) is 23.4 Å². The zero-order valence-electron chi connectivity index (χ0n) is 10.9. The van der Waals surface area contributed by atoms with Gasteiger partial charge >= 0.3 is 0 Å². The van der Waals surface area contributed by atoms with Crippen LogP contribution in [0.5, 0.6) is 0 Å². The highest BCUT2D eigenvalue weighted by Gasteiger charge is 2.12. The third-order valence-electron chi connectivity index (χ3n) is 2.69. The Morgan fingerprint density at radius 2 is 2.00 bits per heavy atom. The van der Waals surface area contributed by atoms with E-state index < -0.39 is 0 Å². The lowest BCUT2D eigenvalue weighted by atomic mass is 10.2. The molecular weight excluding hydrogens is 244 g/mol. The SMILES string of the molecule is Cc1nc(C(C)NOCc2ccccc2)c(C)s1. The van der Waals surface area contributed by atoms with Gasteiger partial charge in [-0.2, -0.15) is 5.48 Å². The maximum atomic E-state index is 5.51. The molecule has 96 valence electrons. The Hall–Kier alpha value is -1.23. The molecule has 0 radical (unpaired) electrons. The van der Waals surface area contributed by atoms with E-state index in [1.807, 2.05) is 37.3 Å². The summed E-state index contributed by atoms with van der Waals surface area (Å²) in [4.78, 5) is 11.3. The summed E-state index contributed by atoms with van der Waals surface area (Å²) in [5.74, 6) is 0. The first-order valence-electron chi connectivity index (χ1n) is 6.02. The van der Waals surface area contributed by atoms with E-state index in [-0.39, 0.29) is 6.04 Å². The molecule has 1 N–H and O–H groups in total. The van der Waals surface area contributed by atoms with Crippen LogP contribution >= 0.6 is 11.3 Å². The van der Waals surface area contributed by atoms with Crippen molar-refractivity contribution in [2.24, 2.45) is 0 Å². The quantitative estimate of drug-likeness (QED) is 0.837. The molecule has 18 heavy (non-hydrogen) atoms. The largest absolute Gasteiger partial charge is 0.296 e. The number of aryl methyl sites for hydroxylation is 2. The number of thiazole rings is 1. The number of aromatic nitrogens is 1. The summed E-state index contributed by atoms with van der Waals surface area (Å²) in [6, 6.07) is 10.2. The molecule has 1 aromatic carbocycles. The molecule has 0 spiro atoms. The minimum Gasteiger partial charge on any atom is -0.296 e. The topological polar surface area (TPSA) is 34.2 Å². The molecule has 1 heterocycles. The number of hydrogen-bond donors (Lipinski definition) is 1. The molecular formula is C14H18N2OS.